The molecular formula is C31H51NO5. The van der Waals surface area contributed by atoms with Crippen LogP contribution in [-0.4, -0.2) is 41.4 Å². The SMILES string of the molecule is CCC(C)[C@H](CC(=O)[C@@H](N)CO)C(=O)O[C@@H]1CC[C@@]2(C)[C@@H](CC[C@@H]3[C@@H]2CC[C@]2(C)[C@@H](C(C)=O)CC[C@@H]32)C1. The maximum Gasteiger partial charge on any atom is 0.309 e. The van der Waals surface area contributed by atoms with Crippen LogP contribution in [0.1, 0.15) is 105 Å². The molecule has 4 aliphatic carbocycles. The van der Waals surface area contributed by atoms with E-state index in [1.54, 1.807) is 6.92 Å². The van der Waals surface area contributed by atoms with E-state index >= 15 is 0 Å². The minimum absolute atomic E-state index is 0.0217. The number of carbonyl (C=O) groups is 3. The zero-order chi connectivity index (χ0) is 27.1. The molecule has 6 nitrogen and oxygen atoms in total. The minimum Gasteiger partial charge on any atom is -0.462 e. The van der Waals surface area contributed by atoms with E-state index in [2.05, 4.69) is 13.8 Å². The van der Waals surface area contributed by atoms with E-state index in [0.29, 0.717) is 23.5 Å². The van der Waals surface area contributed by atoms with Crippen molar-refractivity contribution in [1.82, 2.24) is 0 Å². The van der Waals surface area contributed by atoms with Gasteiger partial charge in [0.1, 0.15) is 11.9 Å². The number of ether oxygens (including phenoxy) is 1. The first-order chi connectivity index (χ1) is 17.5. The zero-order valence-electron chi connectivity index (χ0n) is 23.8. The normalized spacial score (nSPS) is 41.5. The van der Waals surface area contributed by atoms with Gasteiger partial charge in [-0.2, -0.15) is 0 Å². The molecule has 210 valence electrons. The molecule has 3 N–H and O–H groups in total. The fourth-order valence-corrected chi connectivity index (χ4v) is 9.52. The van der Waals surface area contributed by atoms with Crippen molar-refractivity contribution in [3.05, 3.63) is 0 Å². The fraction of sp³-hybridized carbons (Fsp3) is 0.903. The summed E-state index contributed by atoms with van der Waals surface area (Å²) in [6, 6.07) is -0.937. The second-order valence-corrected chi connectivity index (χ2v) is 13.7. The summed E-state index contributed by atoms with van der Waals surface area (Å²) in [5.74, 6) is 2.26. The van der Waals surface area contributed by atoms with E-state index in [-0.39, 0.29) is 46.9 Å². The second-order valence-electron chi connectivity index (χ2n) is 13.7. The summed E-state index contributed by atoms with van der Waals surface area (Å²) in [7, 11) is 0. The number of rotatable bonds is 9. The largest absolute Gasteiger partial charge is 0.462 e. The van der Waals surface area contributed by atoms with Crippen LogP contribution in [0.15, 0.2) is 0 Å². The standard InChI is InChI=1S/C31H51NO5/c1-6-18(2)23(16-28(35)27(32)17-33)29(36)37-21-11-13-30(4)20(15-21)7-8-22-25-10-9-24(19(3)34)31(25,5)14-12-26(22)30/h18,20-27,33H,6-17,32H2,1-5H3/t18?,20-,21+,22-,23-,24+,25-,26-,27-,30-,31+/m0/s1. The Morgan fingerprint density at radius 1 is 1.00 bits per heavy atom. The van der Waals surface area contributed by atoms with E-state index in [0.717, 1.165) is 38.0 Å². The summed E-state index contributed by atoms with van der Waals surface area (Å²) in [5, 5.41) is 9.25. The predicted molar refractivity (Wildman–Crippen MR) is 143 cm³/mol. The van der Waals surface area contributed by atoms with E-state index < -0.39 is 18.6 Å². The molecular weight excluding hydrogens is 466 g/mol. The Hall–Kier alpha value is -1.27. The average molecular weight is 518 g/mol. The number of aliphatic hydroxyl groups excluding tert-OH is 1. The van der Waals surface area contributed by atoms with Crippen molar-refractivity contribution in [1.29, 1.82) is 0 Å². The highest BCUT2D eigenvalue weighted by Crippen LogP contribution is 2.67. The Labute approximate surface area is 223 Å². The molecule has 0 aliphatic heterocycles. The fourth-order valence-electron chi connectivity index (χ4n) is 9.52. The van der Waals surface area contributed by atoms with Crippen molar-refractivity contribution in [2.45, 2.75) is 117 Å². The molecule has 0 spiro atoms. The summed E-state index contributed by atoms with van der Waals surface area (Å²) in [6.07, 6.45) is 10.7. The first-order valence-electron chi connectivity index (χ1n) is 15.1. The molecule has 4 aliphatic rings. The third-order valence-electron chi connectivity index (χ3n) is 12.1. The van der Waals surface area contributed by atoms with Crippen LogP contribution in [0, 0.1) is 52.3 Å². The smallest absolute Gasteiger partial charge is 0.309 e. The lowest BCUT2D eigenvalue weighted by Crippen LogP contribution is -2.54. The quantitative estimate of drug-likeness (QED) is 0.413. The Morgan fingerprint density at radius 3 is 2.32 bits per heavy atom. The van der Waals surface area contributed by atoms with Crippen LogP contribution in [-0.2, 0) is 19.1 Å². The lowest BCUT2D eigenvalue weighted by molar-refractivity contribution is -0.169. The maximum atomic E-state index is 13.3. The van der Waals surface area contributed by atoms with Crippen LogP contribution in [0.5, 0.6) is 0 Å². The Morgan fingerprint density at radius 2 is 1.68 bits per heavy atom. The molecule has 0 aromatic carbocycles. The van der Waals surface area contributed by atoms with Crippen LogP contribution >= 0.6 is 0 Å². The van der Waals surface area contributed by atoms with Gasteiger partial charge in [-0.05, 0) is 105 Å². The molecule has 0 saturated heterocycles. The lowest BCUT2D eigenvalue weighted by Gasteiger charge is -2.61. The highest BCUT2D eigenvalue weighted by Gasteiger charge is 2.61. The molecule has 0 radical (unpaired) electrons. The first kappa shape index (κ1) is 28.7. The molecule has 4 saturated carbocycles. The van der Waals surface area contributed by atoms with Crippen LogP contribution < -0.4 is 5.73 Å². The summed E-state index contributed by atoms with van der Waals surface area (Å²) >= 11 is 0. The van der Waals surface area contributed by atoms with E-state index in [9.17, 15) is 19.5 Å². The van der Waals surface area contributed by atoms with E-state index in [1.165, 1.54) is 32.1 Å². The Kier molecular flexibility index (Phi) is 8.60. The number of aliphatic hydroxyl groups is 1. The number of hydrogen-bond donors (Lipinski definition) is 2. The monoisotopic (exact) mass is 517 g/mol. The summed E-state index contributed by atoms with van der Waals surface area (Å²) in [5.41, 5.74) is 6.19. The number of fused-ring (bicyclic) bond motifs is 5. The number of carbonyl (C=O) groups excluding carboxylic acids is 3. The molecule has 1 unspecified atom stereocenters. The number of Topliss-reactive ketones (excluding diaryl/α,β-unsaturated/α-hetero) is 2. The molecule has 6 heteroatoms. The highest BCUT2D eigenvalue weighted by molar-refractivity contribution is 5.88. The van der Waals surface area contributed by atoms with Gasteiger partial charge in [0.05, 0.1) is 18.6 Å². The number of esters is 1. The van der Waals surface area contributed by atoms with Crippen molar-refractivity contribution >= 4 is 17.5 Å². The molecule has 0 aromatic heterocycles. The van der Waals surface area contributed by atoms with E-state index in [4.69, 9.17) is 10.5 Å². The van der Waals surface area contributed by atoms with Crippen LogP contribution in [0.2, 0.25) is 0 Å². The molecule has 4 fully saturated rings. The molecule has 11 atom stereocenters. The van der Waals surface area contributed by atoms with Gasteiger partial charge < -0.3 is 15.6 Å². The zero-order valence-corrected chi connectivity index (χ0v) is 23.8. The molecule has 0 heterocycles. The highest BCUT2D eigenvalue weighted by atomic mass is 16.5. The van der Waals surface area contributed by atoms with Crippen molar-refractivity contribution in [2.24, 2.45) is 58.0 Å². The minimum atomic E-state index is -0.937. The van der Waals surface area contributed by atoms with Crippen molar-refractivity contribution in [3.63, 3.8) is 0 Å². The van der Waals surface area contributed by atoms with Crippen molar-refractivity contribution in [3.8, 4) is 0 Å². The number of nitrogens with two attached hydrogens (primary N) is 1. The van der Waals surface area contributed by atoms with Gasteiger partial charge in [0.25, 0.3) is 0 Å². The first-order valence-corrected chi connectivity index (χ1v) is 15.1. The van der Waals surface area contributed by atoms with Crippen molar-refractivity contribution in [2.75, 3.05) is 6.61 Å². The van der Waals surface area contributed by atoms with E-state index in [1.807, 2.05) is 13.8 Å². The maximum absolute atomic E-state index is 13.3. The Bertz CT molecular complexity index is 874. The Balaban J connectivity index is 1.41. The summed E-state index contributed by atoms with van der Waals surface area (Å²) < 4.78 is 6.11. The predicted octanol–water partition coefficient (Wildman–Crippen LogP) is 5.09. The van der Waals surface area contributed by atoms with Gasteiger partial charge in [0.2, 0.25) is 0 Å². The second kappa shape index (κ2) is 11.1. The average Bonchev–Trinajstić information content (AvgIpc) is 3.23. The van der Waals surface area contributed by atoms with Gasteiger partial charge in [-0.25, -0.2) is 0 Å². The van der Waals surface area contributed by atoms with Gasteiger partial charge in [-0.15, -0.1) is 0 Å². The summed E-state index contributed by atoms with van der Waals surface area (Å²) in [4.78, 5) is 38.1. The number of ketones is 2. The third-order valence-corrected chi connectivity index (χ3v) is 12.1. The van der Waals surface area contributed by atoms with Gasteiger partial charge in [0.15, 0.2) is 5.78 Å². The van der Waals surface area contributed by atoms with Crippen LogP contribution in [0.25, 0.3) is 0 Å². The lowest BCUT2D eigenvalue weighted by atomic mass is 9.44. The molecule has 0 aromatic rings. The van der Waals surface area contributed by atoms with Crippen molar-refractivity contribution < 1.29 is 24.2 Å². The van der Waals surface area contributed by atoms with Crippen LogP contribution in [0.3, 0.4) is 0 Å². The molecule has 0 bridgehead atoms. The van der Waals surface area contributed by atoms with Gasteiger partial charge in [-0.3, -0.25) is 14.4 Å². The van der Waals surface area contributed by atoms with Gasteiger partial charge in [0, 0.05) is 12.3 Å². The molecule has 0 amide bonds. The molecule has 37 heavy (non-hydrogen) atoms. The van der Waals surface area contributed by atoms with Gasteiger partial charge >= 0.3 is 5.97 Å². The topological polar surface area (TPSA) is 107 Å². The van der Waals surface area contributed by atoms with Gasteiger partial charge in [-0.1, -0.05) is 34.1 Å². The third kappa shape index (κ3) is 5.18. The van der Waals surface area contributed by atoms with Crippen LogP contribution in [0.4, 0.5) is 0 Å². The summed E-state index contributed by atoms with van der Waals surface area (Å²) in [6.45, 7) is 10.3. The molecule has 4 rings (SSSR count). The number of hydrogen-bond acceptors (Lipinski definition) is 6.